The van der Waals surface area contributed by atoms with Gasteiger partial charge in [0.2, 0.25) is 11.7 Å². The monoisotopic (exact) mass is 265 g/mol. The lowest BCUT2D eigenvalue weighted by Crippen LogP contribution is -2.34. The van der Waals surface area contributed by atoms with E-state index in [-0.39, 0.29) is 11.6 Å². The molecule has 1 aromatic heterocycles. The zero-order valence-electron chi connectivity index (χ0n) is 11.8. The van der Waals surface area contributed by atoms with Gasteiger partial charge < -0.3 is 14.6 Å². The van der Waals surface area contributed by atoms with Gasteiger partial charge in [0.1, 0.15) is 5.60 Å². The fraction of sp³-hybridized carbons (Fsp3) is 0.857. The molecule has 0 bridgehead atoms. The lowest BCUT2D eigenvalue weighted by molar-refractivity contribution is -0.0609. The van der Waals surface area contributed by atoms with Crippen LogP contribution in [0, 0.1) is 5.92 Å². The summed E-state index contributed by atoms with van der Waals surface area (Å²) in [5, 5.41) is 7.59. The maximum absolute atomic E-state index is 5.78. The summed E-state index contributed by atoms with van der Waals surface area (Å²) in [6.07, 6.45) is 6.57. The molecular formula is C14H23N3O2. The zero-order valence-corrected chi connectivity index (χ0v) is 11.8. The third kappa shape index (κ3) is 2.41. The average Bonchev–Trinajstić information content (AvgIpc) is 3.11. The van der Waals surface area contributed by atoms with E-state index in [0.717, 1.165) is 43.4 Å². The molecule has 2 aliphatic rings. The van der Waals surface area contributed by atoms with Crippen LogP contribution < -0.4 is 5.32 Å². The molecule has 0 radical (unpaired) electrons. The van der Waals surface area contributed by atoms with Gasteiger partial charge in [0.25, 0.3) is 0 Å². The Bertz CT molecular complexity index is 418. The molecule has 1 aliphatic carbocycles. The van der Waals surface area contributed by atoms with Crippen LogP contribution in [0.25, 0.3) is 0 Å². The summed E-state index contributed by atoms with van der Waals surface area (Å²) in [5.74, 6) is 2.24. The van der Waals surface area contributed by atoms with Crippen molar-refractivity contribution in [2.24, 2.45) is 5.92 Å². The maximum Gasteiger partial charge on any atom is 0.243 e. The highest BCUT2D eigenvalue weighted by molar-refractivity contribution is 5.06. The molecule has 19 heavy (non-hydrogen) atoms. The van der Waals surface area contributed by atoms with Gasteiger partial charge in [-0.2, -0.15) is 4.98 Å². The Kier molecular flexibility index (Phi) is 3.58. The number of aromatic nitrogens is 2. The van der Waals surface area contributed by atoms with Gasteiger partial charge in [-0.1, -0.05) is 12.1 Å². The number of nitrogens with one attached hydrogen (secondary N) is 1. The lowest BCUT2D eigenvalue weighted by Gasteiger charge is -2.35. The molecule has 2 fully saturated rings. The third-order valence-corrected chi connectivity index (χ3v) is 4.68. The van der Waals surface area contributed by atoms with Crippen LogP contribution >= 0.6 is 0 Å². The predicted molar refractivity (Wildman–Crippen MR) is 70.6 cm³/mol. The van der Waals surface area contributed by atoms with Crippen LogP contribution in [-0.2, 0) is 10.3 Å². The Morgan fingerprint density at radius 3 is 2.74 bits per heavy atom. The minimum absolute atomic E-state index is 0.234. The molecule has 1 N–H and O–H groups in total. The summed E-state index contributed by atoms with van der Waals surface area (Å²) >= 11 is 0. The van der Waals surface area contributed by atoms with Gasteiger partial charge in [0.15, 0.2) is 0 Å². The second-order valence-corrected chi connectivity index (χ2v) is 5.99. The smallest absolute Gasteiger partial charge is 0.243 e. The number of hydrogen-bond donors (Lipinski definition) is 1. The van der Waals surface area contributed by atoms with Crippen molar-refractivity contribution in [3.8, 4) is 0 Å². The molecular weight excluding hydrogens is 242 g/mol. The molecule has 5 heteroatoms. The predicted octanol–water partition coefficient (Wildman–Crippen LogP) is 2.55. The first kappa shape index (κ1) is 13.1. The van der Waals surface area contributed by atoms with Crippen molar-refractivity contribution in [3.05, 3.63) is 11.7 Å². The van der Waals surface area contributed by atoms with Crippen molar-refractivity contribution >= 4 is 0 Å². The SMILES string of the molecule is COC1(c2noc([C@H]3CCCN3)n2)CCC(C)CC1. The minimum Gasteiger partial charge on any atom is -0.370 e. The number of nitrogens with zero attached hydrogens (tertiary/aromatic N) is 2. The number of ether oxygens (including phenoxy) is 1. The molecule has 0 unspecified atom stereocenters. The molecule has 1 aliphatic heterocycles. The highest BCUT2D eigenvalue weighted by Gasteiger charge is 2.40. The van der Waals surface area contributed by atoms with Crippen LogP contribution in [-0.4, -0.2) is 23.8 Å². The van der Waals surface area contributed by atoms with Gasteiger partial charge in [-0.3, -0.25) is 0 Å². The van der Waals surface area contributed by atoms with Crippen LogP contribution in [0.5, 0.6) is 0 Å². The fourth-order valence-electron chi connectivity index (χ4n) is 3.20. The van der Waals surface area contributed by atoms with Gasteiger partial charge in [-0.25, -0.2) is 0 Å². The quantitative estimate of drug-likeness (QED) is 0.910. The zero-order chi connectivity index (χ0) is 13.3. The van der Waals surface area contributed by atoms with Crippen LogP contribution in [0.4, 0.5) is 0 Å². The normalized spacial score (nSPS) is 35.7. The summed E-state index contributed by atoms with van der Waals surface area (Å²) in [5.41, 5.74) is -0.327. The van der Waals surface area contributed by atoms with Gasteiger partial charge in [-0.15, -0.1) is 0 Å². The maximum atomic E-state index is 5.78. The second-order valence-electron chi connectivity index (χ2n) is 5.99. The lowest BCUT2D eigenvalue weighted by atomic mass is 9.79. The van der Waals surface area contributed by atoms with Crippen LogP contribution in [0.3, 0.4) is 0 Å². The van der Waals surface area contributed by atoms with Crippen molar-refractivity contribution in [1.29, 1.82) is 0 Å². The first-order valence-corrected chi connectivity index (χ1v) is 7.36. The Labute approximate surface area is 114 Å². The average molecular weight is 265 g/mol. The number of rotatable bonds is 3. The van der Waals surface area contributed by atoms with Gasteiger partial charge >= 0.3 is 0 Å². The van der Waals surface area contributed by atoms with Crippen molar-refractivity contribution in [2.75, 3.05) is 13.7 Å². The van der Waals surface area contributed by atoms with Crippen molar-refractivity contribution in [3.63, 3.8) is 0 Å². The summed E-state index contributed by atoms with van der Waals surface area (Å²) in [6.45, 7) is 3.33. The van der Waals surface area contributed by atoms with E-state index < -0.39 is 0 Å². The minimum atomic E-state index is -0.327. The molecule has 1 saturated heterocycles. The van der Waals surface area contributed by atoms with E-state index in [1.807, 2.05) is 0 Å². The molecule has 0 spiro atoms. The summed E-state index contributed by atoms with van der Waals surface area (Å²) < 4.78 is 11.2. The molecule has 1 saturated carbocycles. The third-order valence-electron chi connectivity index (χ3n) is 4.68. The van der Waals surface area contributed by atoms with Crippen LogP contribution in [0.15, 0.2) is 4.52 Å². The Hall–Kier alpha value is -0.940. The number of methoxy groups -OCH3 is 1. The molecule has 0 amide bonds. The van der Waals surface area contributed by atoms with Crippen molar-refractivity contribution in [1.82, 2.24) is 15.5 Å². The van der Waals surface area contributed by atoms with Crippen molar-refractivity contribution in [2.45, 2.75) is 57.1 Å². The Morgan fingerprint density at radius 1 is 1.32 bits per heavy atom. The van der Waals surface area contributed by atoms with E-state index in [0.29, 0.717) is 0 Å². The molecule has 1 atom stereocenters. The molecule has 5 nitrogen and oxygen atoms in total. The molecule has 0 aromatic carbocycles. The Morgan fingerprint density at radius 2 is 2.11 bits per heavy atom. The molecule has 3 rings (SSSR count). The first-order valence-electron chi connectivity index (χ1n) is 7.36. The topological polar surface area (TPSA) is 60.2 Å². The Balaban J connectivity index is 1.79. The molecule has 1 aromatic rings. The summed E-state index contributed by atoms with van der Waals surface area (Å²) in [7, 11) is 1.76. The molecule has 106 valence electrons. The van der Waals surface area contributed by atoms with Gasteiger partial charge in [-0.05, 0) is 51.0 Å². The van der Waals surface area contributed by atoms with E-state index in [4.69, 9.17) is 9.26 Å². The second kappa shape index (κ2) is 5.21. The standard InChI is InChI=1S/C14H23N3O2/c1-10-5-7-14(18-2,8-6-10)13-16-12(19-17-13)11-4-3-9-15-11/h10-11,15H,3-9H2,1-2H3/t10?,11-,14?/m1/s1. The first-order chi connectivity index (χ1) is 9.23. The molecule has 2 heterocycles. The fourth-order valence-corrected chi connectivity index (χ4v) is 3.20. The van der Waals surface area contributed by atoms with E-state index in [1.54, 1.807) is 7.11 Å². The number of hydrogen-bond acceptors (Lipinski definition) is 5. The van der Waals surface area contributed by atoms with Crippen molar-refractivity contribution < 1.29 is 9.26 Å². The van der Waals surface area contributed by atoms with E-state index in [2.05, 4.69) is 22.4 Å². The van der Waals surface area contributed by atoms with E-state index in [9.17, 15) is 0 Å². The van der Waals surface area contributed by atoms with Gasteiger partial charge in [0, 0.05) is 7.11 Å². The highest BCUT2D eigenvalue weighted by Crippen LogP contribution is 2.41. The van der Waals surface area contributed by atoms with Crippen LogP contribution in [0.1, 0.15) is 63.2 Å². The van der Waals surface area contributed by atoms with E-state index in [1.165, 1.54) is 19.3 Å². The highest BCUT2D eigenvalue weighted by atomic mass is 16.5. The van der Waals surface area contributed by atoms with E-state index >= 15 is 0 Å². The summed E-state index contributed by atoms with van der Waals surface area (Å²) in [4.78, 5) is 4.62. The van der Waals surface area contributed by atoms with Gasteiger partial charge in [0.05, 0.1) is 6.04 Å². The van der Waals surface area contributed by atoms with Crippen LogP contribution in [0.2, 0.25) is 0 Å². The summed E-state index contributed by atoms with van der Waals surface area (Å²) in [6, 6.07) is 0.234. The largest absolute Gasteiger partial charge is 0.370 e.